The number of amides is 1. The summed E-state index contributed by atoms with van der Waals surface area (Å²) in [5.74, 6) is -0.114. The molecule has 0 heterocycles. The second-order valence-corrected chi connectivity index (χ2v) is 5.03. The summed E-state index contributed by atoms with van der Waals surface area (Å²) in [4.78, 5) is 12.1. The van der Waals surface area contributed by atoms with Crippen LogP contribution in [0.15, 0.2) is 42.5 Å². The normalized spacial score (nSPS) is 10.3. The number of benzene rings is 2. The molecular weight excluding hydrogens is 272 g/mol. The Morgan fingerprint density at radius 3 is 2.55 bits per heavy atom. The van der Waals surface area contributed by atoms with Crippen molar-refractivity contribution in [2.75, 3.05) is 0 Å². The molecule has 20 heavy (non-hydrogen) atoms. The summed E-state index contributed by atoms with van der Waals surface area (Å²) in [6, 6.07) is 13.1. The van der Waals surface area contributed by atoms with Crippen LogP contribution in [0.3, 0.4) is 0 Å². The minimum Gasteiger partial charge on any atom is -0.348 e. The molecule has 2 aromatic carbocycles. The van der Waals surface area contributed by atoms with Crippen molar-refractivity contribution in [3.63, 3.8) is 0 Å². The van der Waals surface area contributed by atoms with Crippen LogP contribution in [-0.2, 0) is 13.1 Å². The monoisotopic (exact) mass is 288 g/mol. The van der Waals surface area contributed by atoms with Gasteiger partial charge in [0.05, 0.1) is 0 Å². The fourth-order valence-corrected chi connectivity index (χ4v) is 2.11. The van der Waals surface area contributed by atoms with Gasteiger partial charge >= 0.3 is 0 Å². The Hall–Kier alpha value is -1.84. The van der Waals surface area contributed by atoms with Gasteiger partial charge in [-0.2, -0.15) is 0 Å². The zero-order valence-corrected chi connectivity index (χ0v) is 12.1. The van der Waals surface area contributed by atoms with Crippen LogP contribution in [0.5, 0.6) is 0 Å². The van der Waals surface area contributed by atoms with E-state index >= 15 is 0 Å². The van der Waals surface area contributed by atoms with E-state index in [1.165, 1.54) is 0 Å². The predicted molar refractivity (Wildman–Crippen MR) is 81.7 cm³/mol. The second-order valence-electron chi connectivity index (χ2n) is 4.62. The van der Waals surface area contributed by atoms with Gasteiger partial charge < -0.3 is 11.1 Å². The fraction of sp³-hybridized carbons (Fsp3) is 0.188. The van der Waals surface area contributed by atoms with Gasteiger partial charge in [-0.3, -0.25) is 4.79 Å². The van der Waals surface area contributed by atoms with Crippen molar-refractivity contribution < 1.29 is 4.79 Å². The van der Waals surface area contributed by atoms with E-state index in [1.807, 2.05) is 31.2 Å². The summed E-state index contributed by atoms with van der Waals surface area (Å²) in [6.45, 7) is 2.81. The second kappa shape index (κ2) is 6.55. The lowest BCUT2D eigenvalue weighted by atomic mass is 10.1. The third kappa shape index (κ3) is 3.38. The Bertz CT molecular complexity index is 626. The first kappa shape index (κ1) is 14.6. The van der Waals surface area contributed by atoms with Crippen molar-refractivity contribution in [2.45, 2.75) is 20.0 Å². The maximum absolute atomic E-state index is 12.1. The van der Waals surface area contributed by atoms with Gasteiger partial charge in [-0.15, -0.1) is 0 Å². The zero-order valence-electron chi connectivity index (χ0n) is 11.3. The number of halogens is 1. The van der Waals surface area contributed by atoms with Gasteiger partial charge in [0.25, 0.3) is 5.91 Å². The van der Waals surface area contributed by atoms with Crippen molar-refractivity contribution in [3.8, 4) is 0 Å². The van der Waals surface area contributed by atoms with Crippen LogP contribution in [0.1, 0.15) is 27.0 Å². The van der Waals surface area contributed by atoms with E-state index in [4.69, 9.17) is 17.3 Å². The van der Waals surface area contributed by atoms with E-state index in [-0.39, 0.29) is 5.91 Å². The van der Waals surface area contributed by atoms with Gasteiger partial charge in [0.1, 0.15) is 0 Å². The van der Waals surface area contributed by atoms with Crippen LogP contribution in [0, 0.1) is 6.92 Å². The van der Waals surface area contributed by atoms with Crippen LogP contribution in [-0.4, -0.2) is 5.91 Å². The molecule has 0 spiro atoms. The molecule has 2 rings (SSSR count). The first-order chi connectivity index (χ1) is 9.61. The molecule has 0 unspecified atom stereocenters. The molecule has 0 aliphatic heterocycles. The number of hydrogen-bond acceptors (Lipinski definition) is 2. The molecule has 0 saturated heterocycles. The smallest absolute Gasteiger partial charge is 0.251 e. The number of carbonyl (C=O) groups excluding carboxylic acids is 1. The molecule has 2 aromatic rings. The number of aryl methyl sites for hydroxylation is 1. The van der Waals surface area contributed by atoms with Gasteiger partial charge in [0.15, 0.2) is 0 Å². The van der Waals surface area contributed by atoms with Crippen molar-refractivity contribution in [2.24, 2.45) is 5.73 Å². The average Bonchev–Trinajstić information content (AvgIpc) is 2.47. The first-order valence-electron chi connectivity index (χ1n) is 6.43. The van der Waals surface area contributed by atoms with Crippen LogP contribution in [0.2, 0.25) is 5.02 Å². The molecule has 0 saturated carbocycles. The number of nitrogens with one attached hydrogen (secondary N) is 1. The molecule has 1 amide bonds. The SMILES string of the molecule is Cc1cc(C(=O)NCc2ccccc2CN)ccc1Cl. The molecule has 0 radical (unpaired) electrons. The van der Waals surface area contributed by atoms with Crippen LogP contribution >= 0.6 is 11.6 Å². The lowest BCUT2D eigenvalue weighted by Gasteiger charge is -2.10. The first-order valence-corrected chi connectivity index (χ1v) is 6.81. The molecule has 104 valence electrons. The Morgan fingerprint density at radius 1 is 1.20 bits per heavy atom. The van der Waals surface area contributed by atoms with Gasteiger partial charge in [-0.25, -0.2) is 0 Å². The molecule has 3 nitrogen and oxygen atoms in total. The third-order valence-electron chi connectivity index (χ3n) is 3.20. The summed E-state index contributed by atoms with van der Waals surface area (Å²) in [6.07, 6.45) is 0. The fourth-order valence-electron chi connectivity index (χ4n) is 1.99. The molecular formula is C16H17ClN2O. The van der Waals surface area contributed by atoms with E-state index in [1.54, 1.807) is 18.2 Å². The predicted octanol–water partition coefficient (Wildman–Crippen LogP) is 3.04. The number of nitrogens with two attached hydrogens (primary N) is 1. The summed E-state index contributed by atoms with van der Waals surface area (Å²) >= 11 is 5.95. The highest BCUT2D eigenvalue weighted by atomic mass is 35.5. The largest absolute Gasteiger partial charge is 0.348 e. The molecule has 0 atom stereocenters. The minimum atomic E-state index is -0.114. The van der Waals surface area contributed by atoms with Crippen molar-refractivity contribution in [3.05, 3.63) is 69.7 Å². The number of hydrogen-bond donors (Lipinski definition) is 2. The maximum atomic E-state index is 12.1. The van der Waals surface area contributed by atoms with Crippen LogP contribution in [0.4, 0.5) is 0 Å². The summed E-state index contributed by atoms with van der Waals surface area (Å²) in [5.41, 5.74) is 9.25. The van der Waals surface area contributed by atoms with E-state index in [9.17, 15) is 4.79 Å². The molecule has 3 N–H and O–H groups in total. The van der Waals surface area contributed by atoms with Crippen molar-refractivity contribution in [1.82, 2.24) is 5.32 Å². The highest BCUT2D eigenvalue weighted by Gasteiger charge is 2.08. The Balaban J connectivity index is 2.06. The Morgan fingerprint density at radius 2 is 1.90 bits per heavy atom. The van der Waals surface area contributed by atoms with Gasteiger partial charge in [-0.05, 0) is 41.8 Å². The molecule has 0 aromatic heterocycles. The summed E-state index contributed by atoms with van der Waals surface area (Å²) < 4.78 is 0. The van der Waals surface area contributed by atoms with Crippen molar-refractivity contribution in [1.29, 1.82) is 0 Å². The zero-order chi connectivity index (χ0) is 14.5. The van der Waals surface area contributed by atoms with Crippen LogP contribution in [0.25, 0.3) is 0 Å². The maximum Gasteiger partial charge on any atom is 0.251 e. The summed E-state index contributed by atoms with van der Waals surface area (Å²) in [7, 11) is 0. The lowest BCUT2D eigenvalue weighted by Crippen LogP contribution is -2.23. The van der Waals surface area contributed by atoms with E-state index in [2.05, 4.69) is 5.32 Å². The quantitative estimate of drug-likeness (QED) is 0.908. The van der Waals surface area contributed by atoms with Gasteiger partial charge in [-0.1, -0.05) is 35.9 Å². The highest BCUT2D eigenvalue weighted by Crippen LogP contribution is 2.16. The molecule has 0 bridgehead atoms. The topological polar surface area (TPSA) is 55.1 Å². The standard InChI is InChI=1S/C16H17ClN2O/c1-11-8-12(6-7-15(11)17)16(20)19-10-14-5-3-2-4-13(14)9-18/h2-8H,9-10,18H2,1H3,(H,19,20). The molecule has 0 fully saturated rings. The lowest BCUT2D eigenvalue weighted by molar-refractivity contribution is 0.0951. The Kier molecular flexibility index (Phi) is 4.77. The number of rotatable bonds is 4. The van der Waals surface area contributed by atoms with E-state index in [0.29, 0.717) is 23.7 Å². The third-order valence-corrected chi connectivity index (χ3v) is 3.62. The number of carbonyl (C=O) groups is 1. The van der Waals surface area contributed by atoms with Gasteiger partial charge in [0.2, 0.25) is 0 Å². The molecule has 0 aliphatic rings. The average molecular weight is 289 g/mol. The summed E-state index contributed by atoms with van der Waals surface area (Å²) in [5, 5.41) is 3.56. The Labute approximate surface area is 123 Å². The molecule has 0 aliphatic carbocycles. The minimum absolute atomic E-state index is 0.114. The van der Waals surface area contributed by atoms with E-state index < -0.39 is 0 Å². The highest BCUT2D eigenvalue weighted by molar-refractivity contribution is 6.31. The van der Waals surface area contributed by atoms with Gasteiger partial charge in [0, 0.05) is 23.7 Å². The molecule has 4 heteroatoms. The van der Waals surface area contributed by atoms with Crippen molar-refractivity contribution >= 4 is 17.5 Å². The van der Waals surface area contributed by atoms with E-state index in [0.717, 1.165) is 16.7 Å². The van der Waals surface area contributed by atoms with Crippen LogP contribution < -0.4 is 11.1 Å².